The molecule has 0 spiro atoms. The van der Waals surface area contributed by atoms with Gasteiger partial charge in [0.15, 0.2) is 5.78 Å². The van der Waals surface area contributed by atoms with E-state index in [0.717, 1.165) is 19.3 Å². The lowest BCUT2D eigenvalue weighted by molar-refractivity contribution is -0.141. The molecule has 18 heavy (non-hydrogen) atoms. The van der Waals surface area contributed by atoms with Crippen LogP contribution < -0.4 is 5.32 Å². The molecule has 106 valence electrons. The van der Waals surface area contributed by atoms with Gasteiger partial charge in [0.2, 0.25) is 0 Å². The number of ketones is 1. The molecule has 0 heterocycles. The molecule has 4 nitrogen and oxygen atoms in total. The number of hydrogen-bond acceptors (Lipinski definition) is 3. The second kappa shape index (κ2) is 8.48. The minimum atomic E-state index is -0.935. The molecule has 0 aromatic rings. The highest BCUT2D eigenvalue weighted by molar-refractivity contribution is 6.28. The van der Waals surface area contributed by atoms with Crippen LogP contribution in [0.25, 0.3) is 0 Å². The maximum Gasteiger partial charge on any atom is 0.252 e. The van der Waals surface area contributed by atoms with E-state index in [0.29, 0.717) is 6.42 Å². The fourth-order valence-electron chi connectivity index (χ4n) is 1.43. The third-order valence-corrected chi connectivity index (χ3v) is 3.24. The van der Waals surface area contributed by atoms with E-state index >= 15 is 0 Å². The normalized spacial score (nSPS) is 13.2. The number of unbranched alkanes of at least 4 members (excludes halogenated alkanes) is 2. The summed E-state index contributed by atoms with van der Waals surface area (Å²) in [5.74, 6) is -0.511. The van der Waals surface area contributed by atoms with Crippen molar-refractivity contribution in [1.29, 1.82) is 0 Å². The third kappa shape index (κ3) is 5.83. The molecule has 1 amide bonds. The summed E-state index contributed by atoms with van der Waals surface area (Å²) in [5, 5.41) is 2.72. The Morgan fingerprint density at radius 3 is 2.39 bits per heavy atom. The zero-order chi connectivity index (χ0) is 14.2. The Morgan fingerprint density at radius 2 is 1.94 bits per heavy atom. The fourth-order valence-corrected chi connectivity index (χ4v) is 1.62. The summed E-state index contributed by atoms with van der Waals surface area (Å²) in [6.45, 7) is 5.41. The number of rotatable bonds is 9. The van der Waals surface area contributed by atoms with E-state index in [4.69, 9.17) is 16.3 Å². The number of alkyl halides is 1. The number of carbonyl (C=O) groups is 2. The van der Waals surface area contributed by atoms with Gasteiger partial charge in [0.25, 0.3) is 5.91 Å². The monoisotopic (exact) mass is 277 g/mol. The highest BCUT2D eigenvalue weighted by atomic mass is 35.5. The lowest BCUT2D eigenvalue weighted by Crippen LogP contribution is -2.50. The van der Waals surface area contributed by atoms with Crippen LogP contribution in [0.3, 0.4) is 0 Å². The third-order valence-electron chi connectivity index (χ3n) is 2.98. The zero-order valence-electron chi connectivity index (χ0n) is 11.7. The van der Waals surface area contributed by atoms with E-state index in [9.17, 15) is 9.59 Å². The molecule has 1 atom stereocenters. The van der Waals surface area contributed by atoms with Crippen molar-refractivity contribution in [3.05, 3.63) is 0 Å². The first-order valence-electron chi connectivity index (χ1n) is 6.33. The van der Waals surface area contributed by atoms with Crippen molar-refractivity contribution in [3.63, 3.8) is 0 Å². The number of amides is 1. The number of nitrogens with one attached hydrogen (secondary N) is 1. The first kappa shape index (κ1) is 17.4. The highest BCUT2D eigenvalue weighted by Crippen LogP contribution is 2.11. The molecule has 0 rings (SSSR count). The van der Waals surface area contributed by atoms with Crippen LogP contribution in [0.2, 0.25) is 0 Å². The number of halogens is 1. The Bertz CT molecular complexity index is 279. The van der Waals surface area contributed by atoms with Gasteiger partial charge in [-0.15, -0.1) is 11.6 Å². The predicted molar refractivity (Wildman–Crippen MR) is 72.9 cm³/mol. The van der Waals surface area contributed by atoms with Crippen molar-refractivity contribution in [2.45, 2.75) is 58.1 Å². The molecule has 5 heteroatoms. The summed E-state index contributed by atoms with van der Waals surface area (Å²) in [4.78, 5) is 23.6. The maximum absolute atomic E-state index is 11.9. The fraction of sp³-hybridized carbons (Fsp3) is 0.846. The van der Waals surface area contributed by atoms with Crippen LogP contribution in [0.15, 0.2) is 0 Å². The van der Waals surface area contributed by atoms with Crippen LogP contribution >= 0.6 is 11.6 Å². The molecule has 0 saturated heterocycles. The van der Waals surface area contributed by atoms with Crippen molar-refractivity contribution in [2.75, 3.05) is 13.0 Å². The van der Waals surface area contributed by atoms with Gasteiger partial charge in [-0.05, 0) is 20.3 Å². The summed E-state index contributed by atoms with van der Waals surface area (Å²) in [7, 11) is 1.47. The van der Waals surface area contributed by atoms with E-state index < -0.39 is 11.6 Å². The van der Waals surface area contributed by atoms with Crippen molar-refractivity contribution < 1.29 is 14.3 Å². The quantitative estimate of drug-likeness (QED) is 0.520. The second-order valence-electron chi connectivity index (χ2n) is 4.84. The molecule has 0 unspecified atom stereocenters. The molecule has 0 aromatic heterocycles. The molecule has 0 radical (unpaired) electrons. The van der Waals surface area contributed by atoms with Gasteiger partial charge in [0.1, 0.15) is 5.60 Å². The van der Waals surface area contributed by atoms with Gasteiger partial charge in [0.05, 0.1) is 11.9 Å². The highest BCUT2D eigenvalue weighted by Gasteiger charge is 2.30. The first-order valence-corrected chi connectivity index (χ1v) is 6.87. The van der Waals surface area contributed by atoms with Gasteiger partial charge < -0.3 is 10.1 Å². The number of carbonyl (C=O) groups excluding carboxylic acids is 2. The van der Waals surface area contributed by atoms with E-state index in [2.05, 4.69) is 12.2 Å². The van der Waals surface area contributed by atoms with E-state index in [-0.39, 0.29) is 17.6 Å². The Balaban J connectivity index is 4.49. The van der Waals surface area contributed by atoms with E-state index in [1.54, 1.807) is 13.8 Å². The van der Waals surface area contributed by atoms with Crippen molar-refractivity contribution in [3.8, 4) is 0 Å². The second-order valence-corrected chi connectivity index (χ2v) is 5.10. The minimum Gasteiger partial charge on any atom is -0.369 e. The van der Waals surface area contributed by atoms with E-state index in [1.807, 2.05) is 0 Å². The van der Waals surface area contributed by atoms with Gasteiger partial charge in [-0.2, -0.15) is 0 Å². The van der Waals surface area contributed by atoms with Crippen LogP contribution in [0.5, 0.6) is 0 Å². The SMILES string of the molecule is CCCCC[C@H](NC(=O)C(C)(C)OC)C(=O)CCl. The van der Waals surface area contributed by atoms with Crippen LogP contribution in [-0.4, -0.2) is 36.3 Å². The Kier molecular flexibility index (Phi) is 8.20. The number of hydrogen-bond donors (Lipinski definition) is 1. The van der Waals surface area contributed by atoms with Crippen LogP contribution in [0.1, 0.15) is 46.5 Å². The van der Waals surface area contributed by atoms with Gasteiger partial charge in [-0.1, -0.05) is 26.2 Å². The summed E-state index contributed by atoms with van der Waals surface area (Å²) < 4.78 is 5.08. The van der Waals surface area contributed by atoms with Crippen LogP contribution in [0.4, 0.5) is 0 Å². The molecule has 0 aliphatic rings. The lowest BCUT2D eigenvalue weighted by Gasteiger charge is -2.25. The molecule has 0 aliphatic carbocycles. The summed E-state index contributed by atoms with van der Waals surface area (Å²) in [6.07, 6.45) is 3.64. The Hall–Kier alpha value is -0.610. The lowest BCUT2D eigenvalue weighted by atomic mass is 10.0. The smallest absolute Gasteiger partial charge is 0.252 e. The average molecular weight is 278 g/mol. The van der Waals surface area contributed by atoms with E-state index in [1.165, 1.54) is 7.11 Å². The molecule has 0 fully saturated rings. The van der Waals surface area contributed by atoms with Crippen LogP contribution in [-0.2, 0) is 14.3 Å². The molecule has 0 aromatic carbocycles. The Labute approximate surface area is 114 Å². The Morgan fingerprint density at radius 1 is 1.33 bits per heavy atom. The standard InChI is InChI=1S/C13H24ClNO3/c1-5-6-7-8-10(11(16)9-14)15-12(17)13(2,3)18-4/h10H,5-9H2,1-4H3,(H,15,17)/t10-/m0/s1. The molecule has 0 bridgehead atoms. The van der Waals surface area contributed by atoms with Crippen molar-refractivity contribution >= 4 is 23.3 Å². The number of ether oxygens (including phenoxy) is 1. The van der Waals surface area contributed by atoms with Gasteiger partial charge in [-0.25, -0.2) is 0 Å². The zero-order valence-corrected chi connectivity index (χ0v) is 12.5. The first-order chi connectivity index (χ1) is 8.38. The summed E-state index contributed by atoms with van der Waals surface area (Å²) in [6, 6.07) is -0.504. The minimum absolute atomic E-state index is 0.0789. The molecule has 1 N–H and O–H groups in total. The molecule has 0 saturated carbocycles. The van der Waals surface area contributed by atoms with Crippen molar-refractivity contribution in [1.82, 2.24) is 5.32 Å². The predicted octanol–water partition coefficient (Wildman–Crippen LogP) is 2.28. The number of Topliss-reactive ketones (excluding diaryl/α,β-unsaturated/α-hetero) is 1. The van der Waals surface area contributed by atoms with Gasteiger partial charge in [0, 0.05) is 7.11 Å². The average Bonchev–Trinajstić information content (AvgIpc) is 2.36. The van der Waals surface area contributed by atoms with Crippen molar-refractivity contribution in [2.24, 2.45) is 0 Å². The maximum atomic E-state index is 11.9. The largest absolute Gasteiger partial charge is 0.369 e. The molecular weight excluding hydrogens is 254 g/mol. The number of methoxy groups -OCH3 is 1. The van der Waals surface area contributed by atoms with Crippen LogP contribution in [0, 0.1) is 0 Å². The molecular formula is C13H24ClNO3. The van der Waals surface area contributed by atoms with Gasteiger partial charge in [-0.3, -0.25) is 9.59 Å². The van der Waals surface area contributed by atoms with Gasteiger partial charge >= 0.3 is 0 Å². The summed E-state index contributed by atoms with van der Waals surface area (Å²) in [5.41, 5.74) is -0.935. The topological polar surface area (TPSA) is 55.4 Å². The molecule has 0 aliphatic heterocycles. The summed E-state index contributed by atoms with van der Waals surface area (Å²) >= 11 is 5.56.